The molecule has 1 radical (unpaired) electrons. The van der Waals surface area contributed by atoms with Crippen molar-refractivity contribution in [3.8, 4) is 0 Å². The van der Waals surface area contributed by atoms with Gasteiger partial charge < -0.3 is 5.73 Å². The maximum absolute atomic E-state index is 10.1. The monoisotopic (exact) mass is 120 g/mol. The first-order valence-corrected chi connectivity index (χ1v) is 2.55. The molecule has 0 heterocycles. The normalized spacial score (nSPS) is 8.89. The van der Waals surface area contributed by atoms with Crippen molar-refractivity contribution < 1.29 is 4.79 Å². The molecule has 1 aromatic rings. The molecule has 0 amide bonds. The second-order valence-corrected chi connectivity index (χ2v) is 1.70. The Balaban J connectivity index is 3.01. The molecule has 0 aliphatic rings. The highest BCUT2D eigenvalue weighted by atomic mass is 16.1. The molecule has 0 aromatic heterocycles. The topological polar surface area (TPSA) is 43.1 Å². The van der Waals surface area contributed by atoms with E-state index in [4.69, 9.17) is 5.73 Å². The summed E-state index contributed by atoms with van der Waals surface area (Å²) in [4.78, 5) is 10.1. The fourth-order valence-corrected chi connectivity index (χ4v) is 0.522. The molecule has 0 spiro atoms. The summed E-state index contributed by atoms with van der Waals surface area (Å²) < 4.78 is 0. The molecule has 0 fully saturated rings. The number of nitrogens with two attached hydrogens (primary N) is 1. The lowest BCUT2D eigenvalue weighted by atomic mass is 10.2. The van der Waals surface area contributed by atoms with E-state index in [9.17, 15) is 4.79 Å². The van der Waals surface area contributed by atoms with Crippen LogP contribution in [0.25, 0.3) is 0 Å². The number of hydrogen-bond acceptors (Lipinski definition) is 2. The number of carbonyl (C=O) groups is 1. The van der Waals surface area contributed by atoms with Crippen LogP contribution in [0.1, 0.15) is 10.4 Å². The van der Waals surface area contributed by atoms with E-state index in [1.807, 2.05) is 0 Å². The summed E-state index contributed by atoms with van der Waals surface area (Å²) in [6.45, 7) is 0. The maximum Gasteiger partial charge on any atom is 0.150 e. The van der Waals surface area contributed by atoms with Crippen LogP contribution in [-0.4, -0.2) is 6.29 Å². The quantitative estimate of drug-likeness (QED) is 0.441. The number of rotatable bonds is 1. The minimum Gasteiger partial charge on any atom is -0.398 e. The van der Waals surface area contributed by atoms with Crippen molar-refractivity contribution in [3.05, 3.63) is 29.8 Å². The van der Waals surface area contributed by atoms with Crippen LogP contribution < -0.4 is 5.73 Å². The summed E-state index contributed by atoms with van der Waals surface area (Å²) in [5.74, 6) is 0. The Labute approximate surface area is 53.3 Å². The van der Waals surface area contributed by atoms with E-state index in [2.05, 4.69) is 6.07 Å². The molecule has 0 unspecified atom stereocenters. The van der Waals surface area contributed by atoms with Crippen LogP contribution in [0.3, 0.4) is 0 Å². The first-order chi connectivity index (χ1) is 4.33. The smallest absolute Gasteiger partial charge is 0.150 e. The Bertz CT molecular complexity index is 203. The Morgan fingerprint density at radius 2 is 2.33 bits per heavy atom. The molecule has 2 nitrogen and oxygen atoms in total. The average molecular weight is 120 g/mol. The first kappa shape index (κ1) is 5.82. The van der Waals surface area contributed by atoms with Gasteiger partial charge in [-0.15, -0.1) is 0 Å². The molecule has 0 atom stereocenters. The lowest BCUT2D eigenvalue weighted by molar-refractivity contribution is 0.112. The number of aldehydes is 1. The summed E-state index contributed by atoms with van der Waals surface area (Å²) in [5.41, 5.74) is 6.47. The molecule has 1 rings (SSSR count). The number of hydrogen-bond donors (Lipinski definition) is 1. The number of anilines is 1. The highest BCUT2D eigenvalue weighted by Crippen LogP contribution is 2.00. The third kappa shape index (κ3) is 1.29. The van der Waals surface area contributed by atoms with Gasteiger partial charge in [0.2, 0.25) is 0 Å². The molecule has 2 heteroatoms. The Kier molecular flexibility index (Phi) is 1.49. The van der Waals surface area contributed by atoms with Crippen LogP contribution in [-0.2, 0) is 0 Å². The van der Waals surface area contributed by atoms with Crippen molar-refractivity contribution in [2.45, 2.75) is 0 Å². The molecule has 9 heavy (non-hydrogen) atoms. The van der Waals surface area contributed by atoms with Gasteiger partial charge in [-0.3, -0.25) is 4.79 Å². The molecule has 0 bridgehead atoms. The lowest BCUT2D eigenvalue weighted by Crippen LogP contribution is -1.84. The molecule has 0 aliphatic heterocycles. The average Bonchev–Trinajstić information content (AvgIpc) is 1.90. The molecule has 0 saturated heterocycles. The molecule has 1 aromatic carbocycles. The molecular weight excluding hydrogens is 114 g/mol. The van der Waals surface area contributed by atoms with E-state index < -0.39 is 0 Å². The van der Waals surface area contributed by atoms with Gasteiger partial charge in [0, 0.05) is 17.3 Å². The van der Waals surface area contributed by atoms with E-state index in [-0.39, 0.29) is 0 Å². The standard InChI is InChI=1S/C7H6NO/c8-7-3-1-6(5-9)2-4-7/h1-3,5H,8H2. The third-order valence-electron chi connectivity index (χ3n) is 0.997. The molecule has 45 valence electrons. The summed E-state index contributed by atoms with van der Waals surface area (Å²) >= 11 is 0. The second kappa shape index (κ2) is 2.31. The van der Waals surface area contributed by atoms with Gasteiger partial charge >= 0.3 is 0 Å². The van der Waals surface area contributed by atoms with Crippen LogP contribution in [0.15, 0.2) is 18.2 Å². The third-order valence-corrected chi connectivity index (χ3v) is 0.997. The van der Waals surface area contributed by atoms with Gasteiger partial charge in [-0.25, -0.2) is 0 Å². The van der Waals surface area contributed by atoms with Crippen LogP contribution >= 0.6 is 0 Å². The van der Waals surface area contributed by atoms with E-state index in [0.29, 0.717) is 11.3 Å². The number of nitrogen functional groups attached to an aromatic ring is 1. The zero-order valence-corrected chi connectivity index (χ0v) is 4.79. The first-order valence-electron chi connectivity index (χ1n) is 2.55. The minimum atomic E-state index is 0.556. The number of benzene rings is 1. The molecular formula is C7H6NO. The maximum atomic E-state index is 10.1. The lowest BCUT2D eigenvalue weighted by Gasteiger charge is -1.88. The highest BCUT2D eigenvalue weighted by molar-refractivity contribution is 5.75. The molecule has 0 saturated carbocycles. The predicted octanol–water partition coefficient (Wildman–Crippen LogP) is 0.881. The Hall–Kier alpha value is -1.31. The molecule has 0 aliphatic carbocycles. The second-order valence-electron chi connectivity index (χ2n) is 1.70. The zero-order chi connectivity index (χ0) is 6.69. The SMILES string of the molecule is Nc1[c]cc(C=O)cc1. The van der Waals surface area contributed by atoms with Gasteiger partial charge in [-0.05, 0) is 18.2 Å². The summed E-state index contributed by atoms with van der Waals surface area (Å²) in [5, 5.41) is 0. The van der Waals surface area contributed by atoms with Crippen LogP contribution in [0, 0.1) is 6.07 Å². The van der Waals surface area contributed by atoms with Crippen molar-refractivity contribution in [2.75, 3.05) is 5.73 Å². The summed E-state index contributed by atoms with van der Waals surface area (Å²) in [6.07, 6.45) is 0.760. The molecule has 2 N–H and O–H groups in total. The number of carbonyl (C=O) groups excluding carboxylic acids is 1. The van der Waals surface area contributed by atoms with E-state index in [0.717, 1.165) is 6.29 Å². The van der Waals surface area contributed by atoms with E-state index in [1.54, 1.807) is 18.2 Å². The van der Waals surface area contributed by atoms with Gasteiger partial charge in [0.05, 0.1) is 0 Å². The van der Waals surface area contributed by atoms with Crippen molar-refractivity contribution in [2.24, 2.45) is 0 Å². The van der Waals surface area contributed by atoms with Crippen LogP contribution in [0.5, 0.6) is 0 Å². The van der Waals surface area contributed by atoms with Crippen molar-refractivity contribution >= 4 is 12.0 Å². The van der Waals surface area contributed by atoms with Crippen LogP contribution in [0.4, 0.5) is 5.69 Å². The van der Waals surface area contributed by atoms with E-state index >= 15 is 0 Å². The van der Waals surface area contributed by atoms with Gasteiger partial charge in [-0.2, -0.15) is 0 Å². The predicted molar refractivity (Wildman–Crippen MR) is 35.1 cm³/mol. The van der Waals surface area contributed by atoms with Gasteiger partial charge in [0.25, 0.3) is 0 Å². The van der Waals surface area contributed by atoms with E-state index in [1.165, 1.54) is 0 Å². The van der Waals surface area contributed by atoms with Gasteiger partial charge in [-0.1, -0.05) is 0 Å². The highest BCUT2D eigenvalue weighted by Gasteiger charge is 1.86. The largest absolute Gasteiger partial charge is 0.398 e. The van der Waals surface area contributed by atoms with Crippen molar-refractivity contribution in [1.82, 2.24) is 0 Å². The fraction of sp³-hybridized carbons (Fsp3) is 0. The minimum absolute atomic E-state index is 0.556. The van der Waals surface area contributed by atoms with Crippen LogP contribution in [0.2, 0.25) is 0 Å². The van der Waals surface area contributed by atoms with Crippen molar-refractivity contribution in [3.63, 3.8) is 0 Å². The van der Waals surface area contributed by atoms with Gasteiger partial charge in [0.15, 0.2) is 0 Å². The van der Waals surface area contributed by atoms with Crippen molar-refractivity contribution in [1.29, 1.82) is 0 Å². The summed E-state index contributed by atoms with van der Waals surface area (Å²) in [6, 6.07) is 7.55. The fourth-order valence-electron chi connectivity index (χ4n) is 0.522. The Morgan fingerprint density at radius 3 is 2.78 bits per heavy atom. The zero-order valence-electron chi connectivity index (χ0n) is 4.79. The Morgan fingerprint density at radius 1 is 1.56 bits per heavy atom. The van der Waals surface area contributed by atoms with Gasteiger partial charge in [0.1, 0.15) is 6.29 Å². The summed E-state index contributed by atoms with van der Waals surface area (Å²) in [7, 11) is 0.